The largest absolute Gasteiger partial charge is 0.385 e. The fraction of sp³-hybridized carbons (Fsp3) is 0.765. The molecule has 1 saturated heterocycles. The molecule has 7 heteroatoms. The number of nitrogens with zero attached hydrogens (tertiary/aromatic N) is 4. The van der Waals surface area contributed by atoms with Crippen LogP contribution in [0.3, 0.4) is 0 Å². The van der Waals surface area contributed by atoms with E-state index in [4.69, 9.17) is 0 Å². The zero-order valence-electron chi connectivity index (χ0n) is 15.3. The van der Waals surface area contributed by atoms with Crippen LogP contribution < -0.4 is 5.32 Å². The predicted octanol–water partition coefficient (Wildman–Crippen LogP) is 1.22. The number of carbonyl (C=O) groups is 1. The summed E-state index contributed by atoms with van der Waals surface area (Å²) in [6.07, 6.45) is 5.63. The summed E-state index contributed by atoms with van der Waals surface area (Å²) in [4.78, 5) is 20.7. The number of carbonyl (C=O) groups excluding carboxylic acids is 1. The van der Waals surface area contributed by atoms with Crippen molar-refractivity contribution >= 4 is 6.03 Å². The normalized spacial score (nSPS) is 20.9. The number of nitrogens with one attached hydrogen (secondary N) is 1. The molecule has 0 saturated carbocycles. The molecule has 1 aromatic rings. The molecule has 1 aliphatic rings. The Hall–Kier alpha value is -1.60. The highest BCUT2D eigenvalue weighted by Gasteiger charge is 2.31. The number of hydrogen-bond donors (Lipinski definition) is 2. The number of hydrogen-bond acceptors (Lipinski definition) is 4. The third-order valence-electron chi connectivity index (χ3n) is 4.69. The van der Waals surface area contributed by atoms with E-state index in [1.165, 1.54) is 0 Å². The van der Waals surface area contributed by atoms with Crippen LogP contribution in [0.2, 0.25) is 0 Å². The Bertz CT molecular complexity index is 531. The maximum atomic E-state index is 12.5. The minimum absolute atomic E-state index is 0.0296. The first-order valence-electron chi connectivity index (χ1n) is 8.74. The van der Waals surface area contributed by atoms with Crippen LogP contribution in [0.5, 0.6) is 0 Å². The lowest BCUT2D eigenvalue weighted by atomic mass is 9.92. The lowest BCUT2D eigenvalue weighted by Crippen LogP contribution is -2.49. The number of amides is 2. The number of imidazole rings is 1. The summed E-state index contributed by atoms with van der Waals surface area (Å²) in [5.74, 6) is 0.698. The van der Waals surface area contributed by atoms with Crippen molar-refractivity contribution < 1.29 is 9.90 Å². The van der Waals surface area contributed by atoms with Crippen molar-refractivity contribution in [2.75, 3.05) is 33.7 Å². The Labute approximate surface area is 144 Å². The Balaban J connectivity index is 1.88. The lowest BCUT2D eigenvalue weighted by molar-refractivity contribution is 0.0528. The van der Waals surface area contributed by atoms with Crippen LogP contribution in [-0.4, -0.2) is 70.3 Å². The van der Waals surface area contributed by atoms with E-state index in [1.807, 2.05) is 43.7 Å². The van der Waals surface area contributed by atoms with Crippen molar-refractivity contribution in [2.24, 2.45) is 13.0 Å². The van der Waals surface area contributed by atoms with Gasteiger partial charge >= 0.3 is 6.03 Å². The average Bonchev–Trinajstić information content (AvgIpc) is 2.98. The van der Waals surface area contributed by atoms with Crippen molar-refractivity contribution in [1.82, 2.24) is 24.7 Å². The molecule has 0 radical (unpaired) electrons. The Morgan fingerprint density at radius 2 is 2.29 bits per heavy atom. The van der Waals surface area contributed by atoms with Crippen LogP contribution in [0, 0.1) is 5.92 Å². The van der Waals surface area contributed by atoms with Gasteiger partial charge in [-0.2, -0.15) is 0 Å². The maximum Gasteiger partial charge on any atom is 0.317 e. The number of urea groups is 1. The molecule has 0 bridgehead atoms. The third-order valence-corrected chi connectivity index (χ3v) is 4.69. The second-order valence-corrected chi connectivity index (χ2v) is 7.13. The molecule has 3 atom stereocenters. The molecule has 136 valence electrons. The van der Waals surface area contributed by atoms with Crippen LogP contribution in [0.4, 0.5) is 4.79 Å². The van der Waals surface area contributed by atoms with Gasteiger partial charge in [-0.25, -0.2) is 9.78 Å². The Kier molecular flexibility index (Phi) is 6.62. The highest BCUT2D eigenvalue weighted by molar-refractivity contribution is 5.74. The van der Waals surface area contributed by atoms with Gasteiger partial charge in [-0.05, 0) is 46.8 Å². The summed E-state index contributed by atoms with van der Waals surface area (Å²) in [7, 11) is 5.94. The van der Waals surface area contributed by atoms with E-state index in [9.17, 15) is 9.90 Å². The molecule has 3 unspecified atom stereocenters. The number of aryl methyl sites for hydroxylation is 1. The molecular weight excluding hydrogens is 306 g/mol. The standard InChI is InChI=1S/C17H31N5O2/c1-13(7-10-20(2)3)19-17(24)22-9-5-6-14(12-22)15(23)16-18-8-11-21(16)4/h8,11,13-15,23H,5-7,9-10,12H2,1-4H3,(H,19,24). The zero-order chi connectivity index (χ0) is 17.7. The molecule has 0 aromatic carbocycles. The Morgan fingerprint density at radius 3 is 2.92 bits per heavy atom. The molecule has 2 heterocycles. The zero-order valence-corrected chi connectivity index (χ0v) is 15.3. The number of aromatic nitrogens is 2. The highest BCUT2D eigenvalue weighted by Crippen LogP contribution is 2.28. The van der Waals surface area contributed by atoms with E-state index in [0.29, 0.717) is 12.4 Å². The topological polar surface area (TPSA) is 73.6 Å². The molecule has 24 heavy (non-hydrogen) atoms. The number of likely N-dealkylation sites (tertiary alicyclic amines) is 1. The minimum atomic E-state index is -0.633. The summed E-state index contributed by atoms with van der Waals surface area (Å²) < 4.78 is 1.84. The number of rotatable bonds is 6. The first-order valence-corrected chi connectivity index (χ1v) is 8.74. The van der Waals surface area contributed by atoms with Crippen molar-refractivity contribution in [2.45, 2.75) is 38.3 Å². The SMILES string of the molecule is CC(CCN(C)C)NC(=O)N1CCCC(C(O)c2nccn2C)C1. The summed E-state index contributed by atoms with van der Waals surface area (Å²) in [6.45, 7) is 4.30. The molecule has 0 spiro atoms. The van der Waals surface area contributed by atoms with Gasteiger partial charge in [-0.15, -0.1) is 0 Å². The molecule has 2 N–H and O–H groups in total. The van der Waals surface area contributed by atoms with Crippen LogP contribution in [-0.2, 0) is 7.05 Å². The van der Waals surface area contributed by atoms with Gasteiger partial charge in [0.25, 0.3) is 0 Å². The van der Waals surface area contributed by atoms with Gasteiger partial charge in [0.1, 0.15) is 11.9 Å². The molecule has 2 amide bonds. The Morgan fingerprint density at radius 1 is 1.54 bits per heavy atom. The van der Waals surface area contributed by atoms with E-state index >= 15 is 0 Å². The van der Waals surface area contributed by atoms with Gasteiger partial charge in [0.2, 0.25) is 0 Å². The lowest BCUT2D eigenvalue weighted by Gasteiger charge is -2.35. The molecule has 1 aliphatic heterocycles. The van der Waals surface area contributed by atoms with Crippen molar-refractivity contribution in [3.8, 4) is 0 Å². The first-order chi connectivity index (χ1) is 11.4. The smallest absolute Gasteiger partial charge is 0.317 e. The summed E-state index contributed by atoms with van der Waals surface area (Å²) in [6, 6.07) is 0.109. The van der Waals surface area contributed by atoms with Gasteiger partial charge < -0.3 is 24.8 Å². The van der Waals surface area contributed by atoms with Gasteiger partial charge in [0.05, 0.1) is 0 Å². The fourth-order valence-corrected chi connectivity index (χ4v) is 3.15. The van der Waals surface area contributed by atoms with Crippen molar-refractivity contribution in [1.29, 1.82) is 0 Å². The van der Waals surface area contributed by atoms with Crippen LogP contribution in [0.25, 0.3) is 0 Å². The molecular formula is C17H31N5O2. The first kappa shape index (κ1) is 18.7. The van der Waals surface area contributed by atoms with Crippen LogP contribution >= 0.6 is 0 Å². The van der Waals surface area contributed by atoms with E-state index in [2.05, 4.69) is 15.2 Å². The van der Waals surface area contributed by atoms with E-state index in [1.54, 1.807) is 6.20 Å². The molecule has 7 nitrogen and oxygen atoms in total. The molecule has 2 rings (SSSR count). The quantitative estimate of drug-likeness (QED) is 0.818. The summed E-state index contributed by atoms with van der Waals surface area (Å²) in [5.41, 5.74) is 0. The molecule has 1 fully saturated rings. The molecule has 0 aliphatic carbocycles. The fourth-order valence-electron chi connectivity index (χ4n) is 3.15. The van der Waals surface area contributed by atoms with Gasteiger partial charge in [-0.1, -0.05) is 0 Å². The van der Waals surface area contributed by atoms with E-state index in [0.717, 1.165) is 32.4 Å². The van der Waals surface area contributed by atoms with Crippen LogP contribution in [0.1, 0.15) is 38.1 Å². The summed E-state index contributed by atoms with van der Waals surface area (Å²) in [5, 5.41) is 13.7. The minimum Gasteiger partial charge on any atom is -0.385 e. The highest BCUT2D eigenvalue weighted by atomic mass is 16.3. The number of aliphatic hydroxyl groups is 1. The van der Waals surface area contributed by atoms with Crippen LogP contribution in [0.15, 0.2) is 12.4 Å². The van der Waals surface area contributed by atoms with Gasteiger partial charge in [0, 0.05) is 44.5 Å². The second-order valence-electron chi connectivity index (χ2n) is 7.13. The van der Waals surface area contributed by atoms with Gasteiger partial charge in [-0.3, -0.25) is 0 Å². The van der Waals surface area contributed by atoms with Gasteiger partial charge in [0.15, 0.2) is 0 Å². The van der Waals surface area contributed by atoms with Crippen molar-refractivity contribution in [3.05, 3.63) is 18.2 Å². The van der Waals surface area contributed by atoms with Crippen molar-refractivity contribution in [3.63, 3.8) is 0 Å². The molecule has 1 aromatic heterocycles. The second kappa shape index (κ2) is 8.48. The third kappa shape index (κ3) is 4.95. The maximum absolute atomic E-state index is 12.5. The number of aliphatic hydroxyl groups excluding tert-OH is 1. The monoisotopic (exact) mass is 337 g/mol. The van der Waals surface area contributed by atoms with E-state index < -0.39 is 6.10 Å². The summed E-state index contributed by atoms with van der Waals surface area (Å²) >= 11 is 0. The van der Waals surface area contributed by atoms with E-state index in [-0.39, 0.29) is 18.0 Å². The number of piperidine rings is 1. The average molecular weight is 337 g/mol. The predicted molar refractivity (Wildman–Crippen MR) is 93.6 cm³/mol.